The van der Waals surface area contributed by atoms with Gasteiger partial charge < -0.3 is 4.90 Å². The second-order valence-corrected chi connectivity index (χ2v) is 9.72. The lowest BCUT2D eigenvalue weighted by Gasteiger charge is -2.30. The summed E-state index contributed by atoms with van der Waals surface area (Å²) in [6.07, 6.45) is 0.587. The van der Waals surface area contributed by atoms with Crippen molar-refractivity contribution in [3.63, 3.8) is 0 Å². The molecule has 0 saturated carbocycles. The molecule has 3 heterocycles. The Morgan fingerprint density at radius 3 is 2.28 bits per heavy atom. The Balaban J connectivity index is 1.44. The van der Waals surface area contributed by atoms with Gasteiger partial charge in [0.05, 0.1) is 24.9 Å². The Hall–Kier alpha value is -3.84. The Kier molecular flexibility index (Phi) is 5.26. The quantitative estimate of drug-likeness (QED) is 0.562. The number of nitrogens with zero attached hydrogens (tertiary/aromatic N) is 2. The number of rotatable bonds is 5. The molecule has 7 heteroatoms. The van der Waals surface area contributed by atoms with Crippen LogP contribution in [-0.2, 0) is 33.0 Å². The van der Waals surface area contributed by atoms with Gasteiger partial charge in [-0.25, -0.2) is 4.39 Å². The van der Waals surface area contributed by atoms with Crippen molar-refractivity contribution in [2.24, 2.45) is 11.8 Å². The van der Waals surface area contributed by atoms with Crippen LogP contribution in [0.2, 0.25) is 0 Å². The number of anilines is 1. The Morgan fingerprint density at radius 2 is 1.53 bits per heavy atom. The largest absolute Gasteiger partial charge is 0.306 e. The van der Waals surface area contributed by atoms with Gasteiger partial charge in [0.1, 0.15) is 11.4 Å². The van der Waals surface area contributed by atoms with Crippen molar-refractivity contribution in [1.82, 2.24) is 10.2 Å². The average molecular weight is 484 g/mol. The van der Waals surface area contributed by atoms with Crippen molar-refractivity contribution < 1.29 is 18.8 Å². The van der Waals surface area contributed by atoms with Crippen LogP contribution in [0.1, 0.15) is 30.0 Å². The number of hydrogen-bond donors (Lipinski definition) is 1. The van der Waals surface area contributed by atoms with Gasteiger partial charge in [0.2, 0.25) is 11.8 Å². The van der Waals surface area contributed by atoms with Gasteiger partial charge in [0.15, 0.2) is 0 Å². The van der Waals surface area contributed by atoms with Crippen LogP contribution < -0.4 is 10.2 Å². The predicted molar refractivity (Wildman–Crippen MR) is 132 cm³/mol. The minimum Gasteiger partial charge on any atom is -0.306 e. The zero-order valence-corrected chi connectivity index (χ0v) is 19.9. The minimum absolute atomic E-state index is 0.0377. The maximum atomic E-state index is 14.6. The molecule has 0 bridgehead atoms. The van der Waals surface area contributed by atoms with E-state index in [1.807, 2.05) is 61.5 Å². The highest BCUT2D eigenvalue weighted by atomic mass is 19.1. The molecule has 0 radical (unpaired) electrons. The maximum Gasteiger partial charge on any atom is 0.253 e. The van der Waals surface area contributed by atoms with Crippen LogP contribution in [-0.4, -0.2) is 28.7 Å². The molecule has 2 saturated heterocycles. The molecule has 0 aromatic heterocycles. The molecule has 4 unspecified atom stereocenters. The first-order valence-electron chi connectivity index (χ1n) is 12.3. The monoisotopic (exact) mass is 483 g/mol. The number of para-hydroxylation sites is 1. The molecule has 6 rings (SSSR count). The number of nitrogens with one attached hydrogen (secondary N) is 1. The molecule has 4 atom stereocenters. The topological polar surface area (TPSA) is 69.7 Å². The van der Waals surface area contributed by atoms with E-state index in [4.69, 9.17) is 0 Å². The molecule has 2 fully saturated rings. The summed E-state index contributed by atoms with van der Waals surface area (Å²) < 4.78 is 14.6. The second-order valence-electron chi connectivity index (χ2n) is 9.72. The van der Waals surface area contributed by atoms with Crippen LogP contribution in [0.5, 0.6) is 0 Å². The molecule has 3 aliphatic heterocycles. The van der Waals surface area contributed by atoms with E-state index >= 15 is 0 Å². The predicted octanol–water partition coefficient (Wildman–Crippen LogP) is 3.75. The van der Waals surface area contributed by atoms with Crippen LogP contribution in [0.4, 0.5) is 10.1 Å². The summed E-state index contributed by atoms with van der Waals surface area (Å²) in [5, 5.41) is 3.45. The number of amides is 3. The number of carbonyl (C=O) groups excluding carboxylic acids is 3. The van der Waals surface area contributed by atoms with Crippen molar-refractivity contribution in [2.75, 3.05) is 4.90 Å². The highest BCUT2D eigenvalue weighted by molar-refractivity contribution is 6.16. The van der Waals surface area contributed by atoms with Crippen molar-refractivity contribution in [1.29, 1.82) is 0 Å². The number of halogens is 1. The lowest BCUT2D eigenvalue weighted by atomic mass is 9.76. The fourth-order valence-corrected chi connectivity index (χ4v) is 6.24. The first kappa shape index (κ1) is 22.6. The fourth-order valence-electron chi connectivity index (χ4n) is 6.24. The summed E-state index contributed by atoms with van der Waals surface area (Å²) >= 11 is 0. The third-order valence-electron chi connectivity index (χ3n) is 7.87. The van der Waals surface area contributed by atoms with E-state index in [-0.39, 0.29) is 36.9 Å². The summed E-state index contributed by atoms with van der Waals surface area (Å²) in [5.41, 5.74) is 1.17. The van der Waals surface area contributed by atoms with Crippen molar-refractivity contribution in [3.05, 3.63) is 101 Å². The first-order valence-corrected chi connectivity index (χ1v) is 12.3. The highest BCUT2D eigenvalue weighted by Gasteiger charge is 2.71. The number of hydrogen-bond acceptors (Lipinski definition) is 4. The van der Waals surface area contributed by atoms with E-state index in [0.29, 0.717) is 23.2 Å². The summed E-state index contributed by atoms with van der Waals surface area (Å²) in [6.45, 7) is 2.16. The molecule has 36 heavy (non-hydrogen) atoms. The number of likely N-dealkylation sites (tertiary alicyclic amines) is 1. The Labute approximate surface area is 208 Å². The third-order valence-corrected chi connectivity index (χ3v) is 7.87. The van der Waals surface area contributed by atoms with Crippen LogP contribution in [0.15, 0.2) is 78.9 Å². The molecule has 3 aliphatic rings. The highest BCUT2D eigenvalue weighted by Crippen LogP contribution is 2.55. The SMILES string of the molecule is CCC1NC2(C(=O)N(Cc3ccccc3F)c3ccccc32)C2C(=O)N(Cc3ccccc3)C(=O)C12. The number of benzene rings is 3. The Morgan fingerprint density at radius 1 is 0.833 bits per heavy atom. The Bertz CT molecular complexity index is 1380. The van der Waals surface area contributed by atoms with Crippen molar-refractivity contribution in [3.8, 4) is 0 Å². The summed E-state index contributed by atoms with van der Waals surface area (Å²) in [6, 6.07) is 22.7. The van der Waals surface area contributed by atoms with E-state index in [9.17, 15) is 18.8 Å². The van der Waals surface area contributed by atoms with Gasteiger partial charge in [-0.1, -0.05) is 73.7 Å². The van der Waals surface area contributed by atoms with E-state index in [2.05, 4.69) is 5.32 Å². The van der Waals surface area contributed by atoms with Gasteiger partial charge in [-0.05, 0) is 24.1 Å². The lowest BCUT2D eigenvalue weighted by Crippen LogP contribution is -2.55. The van der Waals surface area contributed by atoms with Gasteiger partial charge in [-0.2, -0.15) is 0 Å². The van der Waals surface area contributed by atoms with E-state index in [1.165, 1.54) is 11.0 Å². The summed E-state index contributed by atoms with van der Waals surface area (Å²) in [5.74, 6) is -2.81. The van der Waals surface area contributed by atoms with E-state index in [0.717, 1.165) is 5.56 Å². The molecular weight excluding hydrogens is 457 g/mol. The molecule has 3 amide bonds. The third kappa shape index (κ3) is 3.09. The van der Waals surface area contributed by atoms with Gasteiger partial charge in [-0.3, -0.25) is 24.6 Å². The molecule has 182 valence electrons. The zero-order valence-electron chi connectivity index (χ0n) is 19.9. The van der Waals surface area contributed by atoms with E-state index < -0.39 is 23.2 Å². The van der Waals surface area contributed by atoms with Crippen LogP contribution in [0.25, 0.3) is 0 Å². The van der Waals surface area contributed by atoms with Gasteiger partial charge in [0, 0.05) is 22.9 Å². The van der Waals surface area contributed by atoms with Gasteiger partial charge in [0.25, 0.3) is 5.91 Å². The van der Waals surface area contributed by atoms with Gasteiger partial charge >= 0.3 is 0 Å². The molecule has 1 spiro atoms. The van der Waals surface area contributed by atoms with Crippen molar-refractivity contribution in [2.45, 2.75) is 38.0 Å². The van der Waals surface area contributed by atoms with Crippen molar-refractivity contribution >= 4 is 23.4 Å². The molecule has 3 aromatic carbocycles. The number of carbonyl (C=O) groups is 3. The standard InChI is InChI=1S/C29H26FN3O3/c1-2-22-24-25(27(35)33(26(24)34)16-18-10-4-3-5-11-18)29(31-22)20-13-7-9-15-23(20)32(28(29)36)17-19-12-6-8-14-21(19)30/h3-15,22,24-25,31H,2,16-17H2,1H3. The molecule has 3 aromatic rings. The molecule has 6 nitrogen and oxygen atoms in total. The van der Waals surface area contributed by atoms with Crippen LogP contribution >= 0.6 is 0 Å². The van der Waals surface area contributed by atoms with Crippen LogP contribution in [0, 0.1) is 17.7 Å². The van der Waals surface area contributed by atoms with E-state index in [1.54, 1.807) is 23.1 Å². The summed E-state index contributed by atoms with van der Waals surface area (Å²) in [4.78, 5) is 44.7. The number of imide groups is 1. The molecular formula is C29H26FN3O3. The molecule has 0 aliphatic carbocycles. The lowest BCUT2D eigenvalue weighted by molar-refractivity contribution is -0.143. The summed E-state index contributed by atoms with van der Waals surface area (Å²) in [7, 11) is 0. The first-order chi connectivity index (χ1) is 17.5. The zero-order chi connectivity index (χ0) is 25.0. The average Bonchev–Trinajstić information content (AvgIpc) is 3.46. The normalized spacial score (nSPS) is 26.7. The van der Waals surface area contributed by atoms with Gasteiger partial charge in [-0.15, -0.1) is 0 Å². The van der Waals surface area contributed by atoms with Crippen LogP contribution in [0.3, 0.4) is 0 Å². The maximum absolute atomic E-state index is 14.6. The second kappa shape index (κ2) is 8.38. The fraction of sp³-hybridized carbons (Fsp3) is 0.276. The smallest absolute Gasteiger partial charge is 0.253 e. The number of fused-ring (bicyclic) bond motifs is 4. The minimum atomic E-state index is -1.37. The molecule has 1 N–H and O–H groups in total.